The summed E-state index contributed by atoms with van der Waals surface area (Å²) in [5, 5.41) is 1.09. The van der Waals surface area contributed by atoms with Crippen LogP contribution in [0.15, 0.2) is 30.5 Å². The van der Waals surface area contributed by atoms with E-state index in [4.69, 9.17) is 4.74 Å². The fourth-order valence-electron chi connectivity index (χ4n) is 1.97. The molecule has 0 N–H and O–H groups in total. The van der Waals surface area contributed by atoms with Gasteiger partial charge in [0, 0.05) is 23.6 Å². The Kier molecular flexibility index (Phi) is 3.47. The molecule has 17 heavy (non-hydrogen) atoms. The molecule has 0 unspecified atom stereocenters. The van der Waals surface area contributed by atoms with Gasteiger partial charge in [-0.15, -0.1) is 0 Å². The van der Waals surface area contributed by atoms with Gasteiger partial charge in [-0.2, -0.15) is 0 Å². The molecular formula is C14H17NO2. The Labute approximate surface area is 101 Å². The topological polar surface area (TPSA) is 31.2 Å². The summed E-state index contributed by atoms with van der Waals surface area (Å²) in [6.45, 7) is 3.21. The molecule has 1 aromatic heterocycles. The number of hydrogen-bond donors (Lipinski definition) is 0. The fraction of sp³-hybridized carbons (Fsp3) is 0.357. The third-order valence-electron chi connectivity index (χ3n) is 2.94. The minimum Gasteiger partial charge on any atom is -0.465 e. The van der Waals surface area contributed by atoms with Gasteiger partial charge in [0.25, 0.3) is 0 Å². The Hall–Kier alpha value is -1.77. The molecule has 90 valence electrons. The molecule has 0 saturated carbocycles. The zero-order chi connectivity index (χ0) is 12.3. The largest absolute Gasteiger partial charge is 0.465 e. The molecule has 0 amide bonds. The van der Waals surface area contributed by atoms with Gasteiger partial charge in [0.05, 0.1) is 12.7 Å². The van der Waals surface area contributed by atoms with Gasteiger partial charge < -0.3 is 9.30 Å². The minimum absolute atomic E-state index is 0.284. The number of rotatable bonds is 4. The van der Waals surface area contributed by atoms with E-state index in [1.807, 2.05) is 24.3 Å². The normalized spacial score (nSPS) is 10.7. The van der Waals surface area contributed by atoms with E-state index in [0.717, 1.165) is 11.9 Å². The van der Waals surface area contributed by atoms with Crippen LogP contribution < -0.4 is 0 Å². The van der Waals surface area contributed by atoms with Gasteiger partial charge in [0.2, 0.25) is 0 Å². The maximum Gasteiger partial charge on any atom is 0.337 e. The second-order valence-corrected chi connectivity index (χ2v) is 4.13. The van der Waals surface area contributed by atoms with Crippen LogP contribution in [0.25, 0.3) is 10.9 Å². The number of carbonyl (C=O) groups is 1. The van der Waals surface area contributed by atoms with Crippen molar-refractivity contribution in [2.24, 2.45) is 0 Å². The quantitative estimate of drug-likeness (QED) is 0.756. The number of esters is 1. The molecule has 0 atom stereocenters. The zero-order valence-electron chi connectivity index (χ0n) is 10.3. The lowest BCUT2D eigenvalue weighted by Crippen LogP contribution is -2.01. The van der Waals surface area contributed by atoms with Crippen molar-refractivity contribution in [3.05, 3.63) is 36.0 Å². The maximum absolute atomic E-state index is 11.4. The maximum atomic E-state index is 11.4. The zero-order valence-corrected chi connectivity index (χ0v) is 10.3. The van der Waals surface area contributed by atoms with E-state index in [2.05, 4.69) is 17.7 Å². The van der Waals surface area contributed by atoms with Gasteiger partial charge in [0.15, 0.2) is 0 Å². The number of hydrogen-bond acceptors (Lipinski definition) is 2. The summed E-state index contributed by atoms with van der Waals surface area (Å²) in [5.74, 6) is -0.284. The molecule has 0 aliphatic rings. The van der Waals surface area contributed by atoms with E-state index in [9.17, 15) is 4.79 Å². The average Bonchev–Trinajstić information content (AvgIpc) is 2.77. The first-order valence-electron chi connectivity index (χ1n) is 5.93. The van der Waals surface area contributed by atoms with Gasteiger partial charge in [-0.3, -0.25) is 0 Å². The van der Waals surface area contributed by atoms with Crippen LogP contribution in [0.5, 0.6) is 0 Å². The first kappa shape index (κ1) is 11.7. The molecule has 0 aliphatic carbocycles. The molecule has 0 radical (unpaired) electrons. The third-order valence-corrected chi connectivity index (χ3v) is 2.94. The van der Waals surface area contributed by atoms with Gasteiger partial charge in [-0.1, -0.05) is 13.3 Å². The highest BCUT2D eigenvalue weighted by Crippen LogP contribution is 2.18. The van der Waals surface area contributed by atoms with Crippen molar-refractivity contribution < 1.29 is 9.53 Å². The Morgan fingerprint density at radius 1 is 1.35 bits per heavy atom. The standard InChI is InChI=1S/C14H17NO2/c1-3-4-8-15-9-7-11-10-12(14(16)17-2)5-6-13(11)15/h5-7,9-10H,3-4,8H2,1-2H3. The van der Waals surface area contributed by atoms with Crippen molar-refractivity contribution in [3.8, 4) is 0 Å². The first-order chi connectivity index (χ1) is 8.26. The molecule has 0 saturated heterocycles. The van der Waals surface area contributed by atoms with Crippen molar-refractivity contribution in [2.75, 3.05) is 7.11 Å². The number of aromatic nitrogens is 1. The van der Waals surface area contributed by atoms with E-state index in [1.54, 1.807) is 0 Å². The first-order valence-corrected chi connectivity index (χ1v) is 5.93. The van der Waals surface area contributed by atoms with Crippen LogP contribution in [-0.4, -0.2) is 17.6 Å². The number of aryl methyl sites for hydroxylation is 1. The van der Waals surface area contributed by atoms with Crippen LogP contribution in [0.3, 0.4) is 0 Å². The van der Waals surface area contributed by atoms with E-state index < -0.39 is 0 Å². The van der Waals surface area contributed by atoms with Crippen molar-refractivity contribution in [2.45, 2.75) is 26.3 Å². The summed E-state index contributed by atoms with van der Waals surface area (Å²) < 4.78 is 6.93. The molecule has 0 fully saturated rings. The molecular weight excluding hydrogens is 214 g/mol. The number of carbonyl (C=O) groups excluding carboxylic acids is 1. The van der Waals surface area contributed by atoms with Crippen molar-refractivity contribution >= 4 is 16.9 Å². The van der Waals surface area contributed by atoms with Gasteiger partial charge >= 0.3 is 5.97 Å². The highest BCUT2D eigenvalue weighted by Gasteiger charge is 2.07. The van der Waals surface area contributed by atoms with E-state index in [-0.39, 0.29) is 5.97 Å². The highest BCUT2D eigenvalue weighted by molar-refractivity contribution is 5.94. The second kappa shape index (κ2) is 5.04. The summed E-state index contributed by atoms with van der Waals surface area (Å²) in [6, 6.07) is 7.72. The molecule has 0 spiro atoms. The summed E-state index contributed by atoms with van der Waals surface area (Å²) >= 11 is 0. The van der Waals surface area contributed by atoms with Crippen molar-refractivity contribution in [1.82, 2.24) is 4.57 Å². The van der Waals surface area contributed by atoms with Gasteiger partial charge in [-0.25, -0.2) is 4.79 Å². The lowest BCUT2D eigenvalue weighted by molar-refractivity contribution is 0.0601. The minimum atomic E-state index is -0.284. The number of unbranched alkanes of at least 4 members (excludes halogenated alkanes) is 1. The number of benzene rings is 1. The van der Waals surface area contributed by atoms with Crippen molar-refractivity contribution in [3.63, 3.8) is 0 Å². The third kappa shape index (κ3) is 2.33. The highest BCUT2D eigenvalue weighted by atomic mass is 16.5. The molecule has 1 heterocycles. The van der Waals surface area contributed by atoms with Crippen LogP contribution in [-0.2, 0) is 11.3 Å². The van der Waals surface area contributed by atoms with Crippen LogP contribution in [0.2, 0.25) is 0 Å². The smallest absolute Gasteiger partial charge is 0.337 e. The van der Waals surface area contributed by atoms with Crippen molar-refractivity contribution in [1.29, 1.82) is 0 Å². The second-order valence-electron chi connectivity index (χ2n) is 4.13. The molecule has 0 bridgehead atoms. The van der Waals surface area contributed by atoms with Crippen LogP contribution >= 0.6 is 0 Å². The average molecular weight is 231 g/mol. The summed E-state index contributed by atoms with van der Waals surface area (Å²) in [7, 11) is 1.40. The van der Waals surface area contributed by atoms with Gasteiger partial charge in [0.1, 0.15) is 0 Å². The lowest BCUT2D eigenvalue weighted by Gasteiger charge is -2.04. The summed E-state index contributed by atoms with van der Waals surface area (Å²) in [4.78, 5) is 11.4. The molecule has 2 rings (SSSR count). The fourth-order valence-corrected chi connectivity index (χ4v) is 1.97. The molecule has 0 aliphatic heterocycles. The Bertz CT molecular complexity index is 528. The molecule has 3 nitrogen and oxygen atoms in total. The number of nitrogens with zero attached hydrogens (tertiary/aromatic N) is 1. The Morgan fingerprint density at radius 3 is 2.88 bits per heavy atom. The molecule has 3 heteroatoms. The Morgan fingerprint density at radius 2 is 2.18 bits per heavy atom. The molecule has 2 aromatic rings. The monoisotopic (exact) mass is 231 g/mol. The summed E-state index contributed by atoms with van der Waals surface area (Å²) in [6.07, 6.45) is 4.42. The molecule has 1 aromatic carbocycles. The number of methoxy groups -OCH3 is 1. The number of ether oxygens (including phenoxy) is 1. The van der Waals surface area contributed by atoms with Gasteiger partial charge in [-0.05, 0) is 30.7 Å². The SMILES string of the molecule is CCCCn1ccc2cc(C(=O)OC)ccc21. The Balaban J connectivity index is 2.34. The predicted octanol–water partition coefficient (Wildman–Crippen LogP) is 3.23. The van der Waals surface area contributed by atoms with Crippen LogP contribution in [0.1, 0.15) is 30.1 Å². The lowest BCUT2D eigenvalue weighted by atomic mass is 10.1. The van der Waals surface area contributed by atoms with E-state index >= 15 is 0 Å². The van der Waals surface area contributed by atoms with E-state index in [1.165, 1.54) is 25.5 Å². The van der Waals surface area contributed by atoms with Crippen LogP contribution in [0.4, 0.5) is 0 Å². The predicted molar refractivity (Wildman–Crippen MR) is 68.2 cm³/mol. The van der Waals surface area contributed by atoms with Crippen LogP contribution in [0, 0.1) is 0 Å². The van der Waals surface area contributed by atoms with E-state index in [0.29, 0.717) is 5.56 Å². The summed E-state index contributed by atoms with van der Waals surface area (Å²) in [5.41, 5.74) is 1.78. The number of fused-ring (bicyclic) bond motifs is 1.